The molecule has 0 aliphatic heterocycles. The Morgan fingerprint density at radius 1 is 1.10 bits per heavy atom. The summed E-state index contributed by atoms with van der Waals surface area (Å²) in [6, 6.07) is 7.27. The Balaban J connectivity index is 1.79. The maximum Gasteiger partial charge on any atom is 0.225 e. The number of nitrogens with two attached hydrogens (primary N) is 2. The van der Waals surface area contributed by atoms with Gasteiger partial charge in [0.05, 0.1) is 7.05 Å². The van der Waals surface area contributed by atoms with Crippen LogP contribution < -0.4 is 21.1 Å². The lowest BCUT2D eigenvalue weighted by molar-refractivity contribution is -0.894. The molecule has 1 aromatic heterocycles. The minimum atomic E-state index is 0.141. The first kappa shape index (κ1) is 15.3. The van der Waals surface area contributed by atoms with Gasteiger partial charge in [-0.2, -0.15) is 15.0 Å². The Hall–Kier alpha value is -2.12. The minimum absolute atomic E-state index is 0.141. The number of likely N-dealkylation sites (N-methyl/N-ethyl adjacent to an activating group) is 1. The highest BCUT2D eigenvalue weighted by atomic mass is 35.5. The third-order valence-electron chi connectivity index (χ3n) is 2.79. The number of anilines is 2. The molecule has 8 heteroatoms. The van der Waals surface area contributed by atoms with E-state index in [1.807, 2.05) is 19.2 Å². The largest absolute Gasteiger partial charge is 0.488 e. The maximum atomic E-state index is 5.81. The third-order valence-corrected chi connectivity index (χ3v) is 3.04. The molecule has 1 aromatic carbocycles. The molecule has 7 nitrogen and oxygen atoms in total. The van der Waals surface area contributed by atoms with Crippen LogP contribution in [-0.4, -0.2) is 35.2 Å². The van der Waals surface area contributed by atoms with Crippen LogP contribution >= 0.6 is 11.6 Å². The highest BCUT2D eigenvalue weighted by molar-refractivity contribution is 6.30. The van der Waals surface area contributed by atoms with Crippen molar-refractivity contribution >= 4 is 23.5 Å². The lowest BCUT2D eigenvalue weighted by Crippen LogP contribution is -3.08. The first-order valence-corrected chi connectivity index (χ1v) is 6.86. The zero-order valence-electron chi connectivity index (χ0n) is 11.7. The molecule has 5 N–H and O–H groups in total. The van der Waals surface area contributed by atoms with Crippen LogP contribution in [0.4, 0.5) is 11.9 Å². The molecule has 112 valence electrons. The van der Waals surface area contributed by atoms with Crippen LogP contribution in [0.15, 0.2) is 24.3 Å². The number of aromatic nitrogens is 3. The fraction of sp³-hybridized carbons (Fsp3) is 0.308. The lowest BCUT2D eigenvalue weighted by Gasteiger charge is -2.14. The molecule has 0 aliphatic carbocycles. The molecule has 1 unspecified atom stereocenters. The highest BCUT2D eigenvalue weighted by Gasteiger charge is 2.09. The van der Waals surface area contributed by atoms with Gasteiger partial charge in [-0.05, 0) is 24.3 Å². The predicted molar refractivity (Wildman–Crippen MR) is 81.1 cm³/mol. The smallest absolute Gasteiger partial charge is 0.225 e. The second-order valence-electron chi connectivity index (χ2n) is 4.65. The van der Waals surface area contributed by atoms with Crippen molar-refractivity contribution in [2.24, 2.45) is 0 Å². The van der Waals surface area contributed by atoms with Gasteiger partial charge in [-0.15, -0.1) is 0 Å². The first-order chi connectivity index (χ1) is 10.0. The second-order valence-corrected chi connectivity index (χ2v) is 5.09. The van der Waals surface area contributed by atoms with Crippen LogP contribution in [0.1, 0.15) is 5.82 Å². The van der Waals surface area contributed by atoms with E-state index in [-0.39, 0.29) is 11.9 Å². The molecule has 1 heterocycles. The average Bonchev–Trinajstić information content (AvgIpc) is 2.39. The molecular formula is C13H18ClN6O+. The Morgan fingerprint density at radius 3 is 2.33 bits per heavy atom. The fourth-order valence-electron chi connectivity index (χ4n) is 1.77. The Bertz CT molecular complexity index is 571. The average molecular weight is 310 g/mol. The van der Waals surface area contributed by atoms with Crippen LogP contribution in [0.2, 0.25) is 5.02 Å². The van der Waals surface area contributed by atoms with Crippen LogP contribution in [0, 0.1) is 0 Å². The van der Waals surface area contributed by atoms with Gasteiger partial charge in [-0.3, -0.25) is 0 Å². The normalized spacial score (nSPS) is 12.1. The van der Waals surface area contributed by atoms with E-state index in [4.69, 9.17) is 27.8 Å². The van der Waals surface area contributed by atoms with Crippen LogP contribution in [0.5, 0.6) is 5.75 Å². The van der Waals surface area contributed by atoms with Crippen molar-refractivity contribution in [3.05, 3.63) is 35.1 Å². The Labute approximate surface area is 127 Å². The Morgan fingerprint density at radius 2 is 1.71 bits per heavy atom. The van der Waals surface area contributed by atoms with Gasteiger partial charge in [-0.1, -0.05) is 11.6 Å². The molecule has 0 saturated heterocycles. The van der Waals surface area contributed by atoms with E-state index in [0.29, 0.717) is 24.0 Å². The van der Waals surface area contributed by atoms with Crippen LogP contribution in [0.25, 0.3) is 0 Å². The first-order valence-electron chi connectivity index (χ1n) is 6.48. The number of ether oxygens (including phenoxy) is 1. The van der Waals surface area contributed by atoms with Gasteiger partial charge >= 0.3 is 0 Å². The summed E-state index contributed by atoms with van der Waals surface area (Å²) in [5, 5.41) is 0.690. The molecule has 1 atom stereocenters. The van der Waals surface area contributed by atoms with E-state index in [1.165, 1.54) is 4.90 Å². The molecule has 2 rings (SSSR count). The van der Waals surface area contributed by atoms with Gasteiger partial charge in [0.15, 0.2) is 5.82 Å². The number of rotatable bonds is 6. The molecule has 21 heavy (non-hydrogen) atoms. The lowest BCUT2D eigenvalue weighted by atomic mass is 10.3. The number of quaternary nitrogens is 1. The number of nitrogen functional groups attached to an aromatic ring is 2. The van der Waals surface area contributed by atoms with Gasteiger partial charge in [0.1, 0.15) is 25.4 Å². The number of benzene rings is 1. The number of halogens is 1. The van der Waals surface area contributed by atoms with Gasteiger partial charge < -0.3 is 21.1 Å². The van der Waals surface area contributed by atoms with E-state index < -0.39 is 0 Å². The summed E-state index contributed by atoms with van der Waals surface area (Å²) in [5.74, 6) is 1.65. The monoisotopic (exact) mass is 309 g/mol. The third kappa shape index (κ3) is 5.05. The predicted octanol–water partition coefficient (Wildman–Crippen LogP) is -0.217. The zero-order chi connectivity index (χ0) is 15.2. The standard InChI is InChI=1S/C13H17ClN6O/c1-20(8-11-17-12(15)19-13(16)18-11)6-7-21-10-4-2-9(14)3-5-10/h2-5H,6-8H2,1H3,(H4,15,16,17,18,19)/p+1. The molecule has 0 spiro atoms. The Kier molecular flexibility index (Phi) is 5.13. The van der Waals surface area contributed by atoms with E-state index in [0.717, 1.165) is 12.3 Å². The molecule has 0 fully saturated rings. The molecule has 2 aromatic rings. The van der Waals surface area contributed by atoms with Crippen molar-refractivity contribution in [2.75, 3.05) is 31.7 Å². The number of nitrogens with zero attached hydrogens (tertiary/aromatic N) is 3. The summed E-state index contributed by atoms with van der Waals surface area (Å²) in [7, 11) is 2.02. The van der Waals surface area contributed by atoms with Crippen molar-refractivity contribution in [2.45, 2.75) is 6.54 Å². The summed E-state index contributed by atoms with van der Waals surface area (Å²) in [6.45, 7) is 1.96. The SMILES string of the molecule is C[NH+](CCOc1ccc(Cl)cc1)Cc1nc(N)nc(N)n1. The van der Waals surface area contributed by atoms with Gasteiger partial charge in [0.25, 0.3) is 0 Å². The van der Waals surface area contributed by atoms with E-state index in [1.54, 1.807) is 12.1 Å². The van der Waals surface area contributed by atoms with Gasteiger partial charge in [0.2, 0.25) is 11.9 Å². The summed E-state index contributed by atoms with van der Waals surface area (Å²) < 4.78 is 5.63. The highest BCUT2D eigenvalue weighted by Crippen LogP contribution is 2.14. The van der Waals surface area contributed by atoms with Gasteiger partial charge in [-0.25, -0.2) is 0 Å². The maximum absolute atomic E-state index is 5.81. The number of nitrogens with one attached hydrogen (secondary N) is 1. The van der Waals surface area contributed by atoms with Crippen molar-refractivity contribution in [1.82, 2.24) is 15.0 Å². The quantitative estimate of drug-likeness (QED) is 0.681. The summed E-state index contributed by atoms with van der Waals surface area (Å²) in [5.41, 5.74) is 11.1. The summed E-state index contributed by atoms with van der Waals surface area (Å²) in [6.07, 6.45) is 0. The van der Waals surface area contributed by atoms with E-state index >= 15 is 0 Å². The summed E-state index contributed by atoms with van der Waals surface area (Å²) >= 11 is 5.81. The van der Waals surface area contributed by atoms with Crippen molar-refractivity contribution < 1.29 is 9.64 Å². The molecule has 0 saturated carbocycles. The topological polar surface area (TPSA) is 104 Å². The van der Waals surface area contributed by atoms with E-state index in [2.05, 4.69) is 15.0 Å². The minimum Gasteiger partial charge on any atom is -0.488 e. The summed E-state index contributed by atoms with van der Waals surface area (Å²) in [4.78, 5) is 13.0. The van der Waals surface area contributed by atoms with Crippen molar-refractivity contribution in [1.29, 1.82) is 0 Å². The molecule has 0 amide bonds. The molecule has 0 aliphatic rings. The van der Waals surface area contributed by atoms with Crippen molar-refractivity contribution in [3.8, 4) is 5.75 Å². The van der Waals surface area contributed by atoms with Crippen molar-refractivity contribution in [3.63, 3.8) is 0 Å². The molecule has 0 bridgehead atoms. The zero-order valence-corrected chi connectivity index (χ0v) is 12.5. The fourth-order valence-corrected chi connectivity index (χ4v) is 1.89. The van der Waals surface area contributed by atoms with Crippen LogP contribution in [-0.2, 0) is 6.54 Å². The van der Waals surface area contributed by atoms with Crippen LogP contribution in [0.3, 0.4) is 0 Å². The second kappa shape index (κ2) is 7.05. The number of hydrogen-bond donors (Lipinski definition) is 3. The molecule has 0 radical (unpaired) electrons. The van der Waals surface area contributed by atoms with Gasteiger partial charge in [0, 0.05) is 5.02 Å². The number of hydrogen-bond acceptors (Lipinski definition) is 6. The molecular weight excluding hydrogens is 292 g/mol. The van der Waals surface area contributed by atoms with E-state index in [9.17, 15) is 0 Å².